The third-order valence-corrected chi connectivity index (χ3v) is 1.62. The molecule has 60 valence electrons. The lowest BCUT2D eigenvalue weighted by molar-refractivity contribution is -0.145. The lowest BCUT2D eigenvalue weighted by Gasteiger charge is -2.13. The van der Waals surface area contributed by atoms with E-state index in [0.717, 1.165) is 4.57 Å². The van der Waals surface area contributed by atoms with Crippen molar-refractivity contribution in [2.75, 3.05) is 0 Å². The quantitative estimate of drug-likeness (QED) is 0.553. The van der Waals surface area contributed by atoms with E-state index < -0.39 is 22.6 Å². The molecule has 1 aromatic rings. The molecule has 0 fully saturated rings. The van der Waals surface area contributed by atoms with Crippen LogP contribution in [-0.4, -0.2) is 15.6 Å². The summed E-state index contributed by atoms with van der Waals surface area (Å²) in [5, 5.41) is 8.54. The average Bonchev–Trinajstić information content (AvgIpc) is 2.41. The molecule has 0 bridgehead atoms. The van der Waals surface area contributed by atoms with Gasteiger partial charge in [-0.15, -0.1) is 0 Å². The van der Waals surface area contributed by atoms with Crippen LogP contribution in [0.2, 0.25) is 0 Å². The molecule has 0 radical (unpaired) electrons. The Morgan fingerprint density at radius 2 is 1.73 bits per heavy atom. The smallest absolute Gasteiger partial charge is 0.329 e. The van der Waals surface area contributed by atoms with Crippen molar-refractivity contribution < 1.29 is 9.90 Å². The topological polar surface area (TPSA) is 76.4 Å². The zero-order valence-corrected chi connectivity index (χ0v) is 6.12. The number of carboxylic acid groups (broad SMARTS) is 1. The molecule has 1 aromatic heterocycles. The van der Waals surface area contributed by atoms with Crippen molar-refractivity contribution >= 4 is 5.97 Å². The van der Waals surface area contributed by atoms with Gasteiger partial charge in [0.05, 0.1) is 0 Å². The highest BCUT2D eigenvalue weighted by molar-refractivity contribution is 5.75. The second-order valence-electron chi connectivity index (χ2n) is 2.81. The lowest BCUT2D eigenvalue weighted by Crippen LogP contribution is -2.35. The van der Waals surface area contributed by atoms with Crippen LogP contribution >= 0.6 is 0 Å². The Hall–Kier alpha value is -1.39. The van der Waals surface area contributed by atoms with E-state index in [1.165, 1.54) is 13.8 Å². The van der Waals surface area contributed by atoms with Gasteiger partial charge in [0.2, 0.25) is 0 Å². The van der Waals surface area contributed by atoms with Crippen LogP contribution in [0.15, 0.2) is 9.59 Å². The Kier molecular flexibility index (Phi) is 1.27. The molecule has 0 atom stereocenters. The molecule has 0 saturated heterocycles. The molecule has 0 aromatic carbocycles. The van der Waals surface area contributed by atoms with Gasteiger partial charge in [-0.3, -0.25) is 9.59 Å². The summed E-state index contributed by atoms with van der Waals surface area (Å²) in [4.78, 5) is 31.4. The maximum Gasteiger partial charge on any atom is 0.329 e. The Bertz CT molecular complexity index is 341. The molecular weight excluding hydrogens is 150 g/mol. The summed E-state index contributed by atoms with van der Waals surface area (Å²) in [5.74, 6) is -1.18. The van der Waals surface area contributed by atoms with Crippen molar-refractivity contribution in [2.24, 2.45) is 0 Å². The molecule has 0 spiro atoms. The summed E-state index contributed by atoms with van der Waals surface area (Å²) >= 11 is 0. The van der Waals surface area contributed by atoms with E-state index in [9.17, 15) is 14.4 Å². The van der Waals surface area contributed by atoms with E-state index in [0.29, 0.717) is 0 Å². The molecule has 0 aliphatic carbocycles. The molecule has 11 heavy (non-hydrogen) atoms. The number of nitrogens with zero attached hydrogens (tertiary/aromatic N) is 1. The number of hydrogen-bond acceptors (Lipinski definition) is 3. The number of hydrogen-bond donors (Lipinski definition) is 1. The van der Waals surface area contributed by atoms with Crippen LogP contribution < -0.4 is 11.1 Å². The predicted octanol–water partition coefficient (Wildman–Crippen LogP) is -1.10. The van der Waals surface area contributed by atoms with Crippen molar-refractivity contribution in [1.29, 1.82) is 0 Å². The monoisotopic (exact) mass is 157 g/mol. The molecule has 1 heterocycles. The van der Waals surface area contributed by atoms with Crippen molar-refractivity contribution in [3.63, 3.8) is 0 Å². The predicted molar refractivity (Wildman–Crippen MR) is 36.3 cm³/mol. The van der Waals surface area contributed by atoms with E-state index in [-0.39, 0.29) is 0 Å². The summed E-state index contributed by atoms with van der Waals surface area (Å²) in [6.45, 7) is 2.61. The molecule has 0 aliphatic heterocycles. The van der Waals surface area contributed by atoms with Crippen molar-refractivity contribution in [1.82, 2.24) is 4.57 Å². The number of rotatable bonds is 2. The van der Waals surface area contributed by atoms with Gasteiger partial charge >= 0.3 is 17.1 Å². The molecule has 1 N–H and O–H groups in total. The zero-order chi connectivity index (χ0) is 8.81. The average molecular weight is 157 g/mol. The molecule has 5 heteroatoms. The summed E-state index contributed by atoms with van der Waals surface area (Å²) < 4.78 is 0.718. The van der Waals surface area contributed by atoms with Gasteiger partial charge in [-0.25, -0.2) is 9.36 Å². The van der Waals surface area contributed by atoms with Gasteiger partial charge in [-0.1, -0.05) is 0 Å². The first-order valence-corrected chi connectivity index (χ1v) is 3.01. The first kappa shape index (κ1) is 7.71. The fourth-order valence-electron chi connectivity index (χ4n) is 0.738. The maximum atomic E-state index is 10.5. The Morgan fingerprint density at radius 3 is 1.82 bits per heavy atom. The minimum atomic E-state index is -1.39. The van der Waals surface area contributed by atoms with Crippen LogP contribution in [0.1, 0.15) is 13.8 Å². The van der Waals surface area contributed by atoms with Gasteiger partial charge < -0.3 is 5.11 Å². The Morgan fingerprint density at radius 1 is 1.36 bits per heavy atom. The largest absolute Gasteiger partial charge is 0.480 e. The summed E-state index contributed by atoms with van der Waals surface area (Å²) in [6, 6.07) is 0. The minimum absolute atomic E-state index is 0.718. The molecule has 0 saturated carbocycles. The fraction of sp³-hybridized carbons (Fsp3) is 0.500. The fourth-order valence-corrected chi connectivity index (χ4v) is 0.738. The van der Waals surface area contributed by atoms with Gasteiger partial charge in [0.15, 0.2) is 0 Å². The van der Waals surface area contributed by atoms with Crippen molar-refractivity contribution in [3.8, 4) is 0 Å². The SMILES string of the molecule is CC(C)(C(=O)O)n1c(=O)c1=O. The number of aromatic nitrogens is 1. The van der Waals surface area contributed by atoms with Crippen LogP contribution in [0.25, 0.3) is 0 Å². The molecule has 0 amide bonds. The first-order valence-electron chi connectivity index (χ1n) is 3.01. The van der Waals surface area contributed by atoms with E-state index in [4.69, 9.17) is 5.11 Å². The highest BCUT2D eigenvalue weighted by Gasteiger charge is 2.38. The van der Waals surface area contributed by atoms with Gasteiger partial charge in [0, 0.05) is 0 Å². The molecule has 5 nitrogen and oxygen atoms in total. The third kappa shape index (κ3) is 0.886. The van der Waals surface area contributed by atoms with Gasteiger partial charge in [-0.2, -0.15) is 0 Å². The lowest BCUT2D eigenvalue weighted by atomic mass is 10.1. The van der Waals surface area contributed by atoms with Crippen LogP contribution in [0.4, 0.5) is 0 Å². The van der Waals surface area contributed by atoms with Crippen LogP contribution in [0.5, 0.6) is 0 Å². The van der Waals surface area contributed by atoms with Crippen LogP contribution in [-0.2, 0) is 10.3 Å². The second kappa shape index (κ2) is 1.81. The number of carboxylic acids is 1. The second-order valence-corrected chi connectivity index (χ2v) is 2.81. The van der Waals surface area contributed by atoms with E-state index in [2.05, 4.69) is 0 Å². The highest BCUT2D eigenvalue weighted by atomic mass is 16.4. The zero-order valence-electron chi connectivity index (χ0n) is 6.12. The molecular formula is C6H7NO4. The van der Waals surface area contributed by atoms with Gasteiger partial charge in [-0.05, 0) is 13.8 Å². The Labute approximate surface area is 61.6 Å². The van der Waals surface area contributed by atoms with Crippen LogP contribution in [0.3, 0.4) is 0 Å². The maximum absolute atomic E-state index is 10.5. The van der Waals surface area contributed by atoms with E-state index in [1.807, 2.05) is 0 Å². The highest BCUT2D eigenvalue weighted by Crippen LogP contribution is 2.10. The number of aliphatic carboxylic acids is 1. The molecule has 1 rings (SSSR count). The first-order chi connectivity index (χ1) is 4.89. The summed E-state index contributed by atoms with van der Waals surface area (Å²) in [7, 11) is 0. The van der Waals surface area contributed by atoms with Gasteiger partial charge in [0.25, 0.3) is 0 Å². The minimum Gasteiger partial charge on any atom is -0.480 e. The van der Waals surface area contributed by atoms with Crippen molar-refractivity contribution in [2.45, 2.75) is 19.4 Å². The van der Waals surface area contributed by atoms with Crippen LogP contribution in [0, 0.1) is 0 Å². The normalized spacial score (nSPS) is 12.2. The summed E-state index contributed by atoms with van der Waals surface area (Å²) in [5.41, 5.74) is -2.84. The summed E-state index contributed by atoms with van der Waals surface area (Å²) in [6.07, 6.45) is 0. The standard InChI is InChI=1S/C6H7NO4/c1-6(2,5(10)11)7-3(8)4(7)9/h1-2H3,(H,10,11). The third-order valence-electron chi connectivity index (χ3n) is 1.62. The molecule has 0 unspecified atom stereocenters. The molecule has 0 aliphatic rings. The van der Waals surface area contributed by atoms with Gasteiger partial charge in [0.1, 0.15) is 5.54 Å². The number of carbonyl (C=O) groups is 1. The van der Waals surface area contributed by atoms with E-state index >= 15 is 0 Å². The Balaban J connectivity index is 3.12. The van der Waals surface area contributed by atoms with Crippen molar-refractivity contribution in [3.05, 3.63) is 20.7 Å². The van der Waals surface area contributed by atoms with E-state index in [1.54, 1.807) is 0 Å².